The number of nitrogens with zero attached hydrogens (tertiary/aromatic N) is 2. The Hall–Kier alpha value is -1.05. The summed E-state index contributed by atoms with van der Waals surface area (Å²) in [6.45, 7) is 4.60. The maximum Gasteiger partial charge on any atom is 0.289 e. The Kier molecular flexibility index (Phi) is 8.08. The first-order valence-electron chi connectivity index (χ1n) is 7.54. The van der Waals surface area contributed by atoms with Gasteiger partial charge in [-0.3, -0.25) is 9.59 Å². The van der Waals surface area contributed by atoms with Crippen LogP contribution in [0.5, 0.6) is 0 Å². The average molecular weight is 409 g/mol. The smallest absolute Gasteiger partial charge is 0.289 e. The summed E-state index contributed by atoms with van der Waals surface area (Å²) in [7, 11) is 1.62. The van der Waals surface area contributed by atoms with Gasteiger partial charge in [0.05, 0.1) is 6.54 Å². The second-order valence-electron chi connectivity index (χ2n) is 5.50. The molecule has 0 aromatic carbocycles. The van der Waals surface area contributed by atoms with Crippen LogP contribution < -0.4 is 5.32 Å². The zero-order chi connectivity index (χ0) is 16.1. The predicted octanol–water partition coefficient (Wildman–Crippen LogP) is 2.14. The quantitative estimate of drug-likeness (QED) is 0.783. The highest BCUT2D eigenvalue weighted by Crippen LogP contribution is 2.16. The molecule has 2 heterocycles. The van der Waals surface area contributed by atoms with Crippen molar-refractivity contribution < 1.29 is 14.0 Å². The third kappa shape index (κ3) is 5.22. The molecule has 2 amide bonds. The first-order chi connectivity index (χ1) is 10.5. The standard InChI is InChI=1S/C15H22BrN3O3.ClH/c1-3-8-19(11-6-7-17-9-11)14(20)10-18(2)15(21)12-4-5-13(16)22-12;/h4-5,11,17H,3,6-10H2,1-2H3;1H. The molecular weight excluding hydrogens is 386 g/mol. The van der Waals surface area contributed by atoms with E-state index in [4.69, 9.17) is 4.42 Å². The molecule has 1 fully saturated rings. The lowest BCUT2D eigenvalue weighted by Gasteiger charge is -2.30. The molecule has 8 heteroatoms. The fourth-order valence-electron chi connectivity index (χ4n) is 2.64. The van der Waals surface area contributed by atoms with E-state index in [1.807, 2.05) is 4.90 Å². The van der Waals surface area contributed by atoms with Crippen molar-refractivity contribution in [1.29, 1.82) is 0 Å². The van der Waals surface area contributed by atoms with Gasteiger partial charge in [0.1, 0.15) is 0 Å². The summed E-state index contributed by atoms with van der Waals surface area (Å²) in [6.07, 6.45) is 1.87. The zero-order valence-corrected chi connectivity index (χ0v) is 15.8. The SMILES string of the molecule is CCCN(C(=O)CN(C)C(=O)c1ccc(Br)o1)C1CCNC1.Cl. The van der Waals surface area contributed by atoms with Gasteiger partial charge in [-0.2, -0.15) is 0 Å². The van der Waals surface area contributed by atoms with Gasteiger partial charge < -0.3 is 19.5 Å². The van der Waals surface area contributed by atoms with Crippen molar-refractivity contribution >= 4 is 40.2 Å². The molecular formula is C15H23BrClN3O3. The zero-order valence-electron chi connectivity index (χ0n) is 13.4. The summed E-state index contributed by atoms with van der Waals surface area (Å²) in [5, 5.41) is 3.28. The fourth-order valence-corrected chi connectivity index (χ4v) is 2.95. The molecule has 0 bridgehead atoms. The van der Waals surface area contributed by atoms with Crippen LogP contribution in [-0.2, 0) is 4.79 Å². The number of carbonyl (C=O) groups is 2. The summed E-state index contributed by atoms with van der Waals surface area (Å²) >= 11 is 3.17. The second-order valence-corrected chi connectivity index (χ2v) is 6.28. The van der Waals surface area contributed by atoms with Crippen molar-refractivity contribution in [3.8, 4) is 0 Å². The van der Waals surface area contributed by atoms with E-state index in [-0.39, 0.29) is 42.6 Å². The Morgan fingerprint density at radius 3 is 2.70 bits per heavy atom. The molecule has 1 aromatic heterocycles. The molecule has 0 saturated carbocycles. The lowest BCUT2D eigenvalue weighted by molar-refractivity contribution is -0.133. The minimum atomic E-state index is -0.292. The van der Waals surface area contributed by atoms with E-state index < -0.39 is 0 Å². The van der Waals surface area contributed by atoms with Gasteiger partial charge in [0.2, 0.25) is 5.91 Å². The molecule has 1 atom stereocenters. The van der Waals surface area contributed by atoms with Gasteiger partial charge in [-0.1, -0.05) is 6.92 Å². The normalized spacial score (nSPS) is 16.7. The molecule has 0 spiro atoms. The van der Waals surface area contributed by atoms with E-state index in [1.54, 1.807) is 19.2 Å². The molecule has 1 aliphatic rings. The molecule has 0 radical (unpaired) electrons. The summed E-state index contributed by atoms with van der Waals surface area (Å²) < 4.78 is 5.75. The summed E-state index contributed by atoms with van der Waals surface area (Å²) in [4.78, 5) is 28.1. The van der Waals surface area contributed by atoms with Gasteiger partial charge in [0, 0.05) is 26.2 Å². The van der Waals surface area contributed by atoms with Crippen LogP contribution in [-0.4, -0.2) is 60.9 Å². The van der Waals surface area contributed by atoms with Crippen LogP contribution in [0.3, 0.4) is 0 Å². The molecule has 1 N–H and O–H groups in total. The number of carbonyl (C=O) groups excluding carboxylic acids is 2. The molecule has 6 nitrogen and oxygen atoms in total. The number of rotatable bonds is 6. The van der Waals surface area contributed by atoms with Gasteiger partial charge in [0.15, 0.2) is 10.4 Å². The second kappa shape index (κ2) is 9.30. The number of furan rings is 1. The van der Waals surface area contributed by atoms with Crippen LogP contribution in [0.4, 0.5) is 0 Å². The maximum atomic E-state index is 12.5. The van der Waals surface area contributed by atoms with Gasteiger partial charge in [-0.05, 0) is 47.4 Å². The van der Waals surface area contributed by atoms with Crippen molar-refractivity contribution in [3.05, 3.63) is 22.6 Å². The lowest BCUT2D eigenvalue weighted by atomic mass is 10.2. The predicted molar refractivity (Wildman–Crippen MR) is 93.9 cm³/mol. The van der Waals surface area contributed by atoms with Crippen molar-refractivity contribution in [2.75, 3.05) is 33.2 Å². The summed E-state index contributed by atoms with van der Waals surface area (Å²) in [5.41, 5.74) is 0. The highest BCUT2D eigenvalue weighted by molar-refractivity contribution is 9.10. The fraction of sp³-hybridized carbons (Fsp3) is 0.600. The molecule has 1 aromatic rings. The number of nitrogens with one attached hydrogen (secondary N) is 1. The number of amides is 2. The van der Waals surface area contributed by atoms with Crippen LogP contribution in [0.2, 0.25) is 0 Å². The van der Waals surface area contributed by atoms with Crippen LogP contribution in [0, 0.1) is 0 Å². The van der Waals surface area contributed by atoms with Gasteiger partial charge in [-0.25, -0.2) is 0 Å². The van der Waals surface area contributed by atoms with Gasteiger partial charge >= 0.3 is 0 Å². The molecule has 0 aliphatic carbocycles. The van der Waals surface area contributed by atoms with Crippen molar-refractivity contribution in [2.24, 2.45) is 0 Å². The topological polar surface area (TPSA) is 65.8 Å². The average Bonchev–Trinajstić information content (AvgIpc) is 3.15. The Labute approximate surface area is 151 Å². The third-order valence-electron chi connectivity index (χ3n) is 3.76. The van der Waals surface area contributed by atoms with E-state index in [0.29, 0.717) is 4.67 Å². The van der Waals surface area contributed by atoms with Crippen molar-refractivity contribution in [3.63, 3.8) is 0 Å². The molecule has 2 rings (SSSR count). The third-order valence-corrected chi connectivity index (χ3v) is 4.19. The minimum Gasteiger partial charge on any atom is -0.444 e. The number of halogens is 2. The van der Waals surface area contributed by atoms with E-state index in [0.717, 1.165) is 32.5 Å². The largest absolute Gasteiger partial charge is 0.444 e. The van der Waals surface area contributed by atoms with E-state index in [9.17, 15) is 9.59 Å². The van der Waals surface area contributed by atoms with Crippen molar-refractivity contribution in [1.82, 2.24) is 15.1 Å². The highest BCUT2D eigenvalue weighted by Gasteiger charge is 2.27. The number of likely N-dealkylation sites (N-methyl/N-ethyl adjacent to an activating group) is 1. The molecule has 1 unspecified atom stereocenters. The Balaban J connectivity index is 0.00000264. The minimum absolute atomic E-state index is 0. The van der Waals surface area contributed by atoms with Gasteiger partial charge in [0.25, 0.3) is 5.91 Å². The highest BCUT2D eigenvalue weighted by atomic mass is 79.9. The van der Waals surface area contributed by atoms with E-state index in [2.05, 4.69) is 28.2 Å². The Morgan fingerprint density at radius 2 is 2.17 bits per heavy atom. The van der Waals surface area contributed by atoms with E-state index in [1.165, 1.54) is 4.90 Å². The van der Waals surface area contributed by atoms with Crippen LogP contribution in [0.15, 0.2) is 21.2 Å². The number of hydrogen-bond acceptors (Lipinski definition) is 4. The van der Waals surface area contributed by atoms with Gasteiger partial charge in [-0.15, -0.1) is 12.4 Å². The Bertz CT molecular complexity index is 532. The maximum absolute atomic E-state index is 12.5. The monoisotopic (exact) mass is 407 g/mol. The molecule has 23 heavy (non-hydrogen) atoms. The lowest BCUT2D eigenvalue weighted by Crippen LogP contribution is -2.47. The molecule has 1 saturated heterocycles. The van der Waals surface area contributed by atoms with Crippen LogP contribution >= 0.6 is 28.3 Å². The van der Waals surface area contributed by atoms with E-state index >= 15 is 0 Å². The molecule has 1 aliphatic heterocycles. The van der Waals surface area contributed by atoms with Crippen LogP contribution in [0.1, 0.15) is 30.3 Å². The van der Waals surface area contributed by atoms with Crippen LogP contribution in [0.25, 0.3) is 0 Å². The van der Waals surface area contributed by atoms with Crippen molar-refractivity contribution in [2.45, 2.75) is 25.8 Å². The summed E-state index contributed by atoms with van der Waals surface area (Å²) in [6, 6.07) is 3.49. The molecule has 130 valence electrons. The number of hydrogen-bond donors (Lipinski definition) is 1. The Morgan fingerprint density at radius 1 is 1.43 bits per heavy atom. The first-order valence-corrected chi connectivity index (χ1v) is 8.33. The summed E-state index contributed by atoms with van der Waals surface area (Å²) in [5.74, 6) is -0.0798. The first kappa shape index (κ1) is 20.0.